The molecule has 2 N–H and O–H groups in total. The van der Waals surface area contributed by atoms with Crippen LogP contribution in [0.25, 0.3) is 0 Å². The molecule has 3 heterocycles. The van der Waals surface area contributed by atoms with Crippen LogP contribution in [0.4, 0.5) is 24.0 Å². The van der Waals surface area contributed by atoms with E-state index in [0.29, 0.717) is 5.56 Å². The molecule has 9 nitrogen and oxygen atoms in total. The van der Waals surface area contributed by atoms with E-state index in [9.17, 15) is 27.6 Å². The van der Waals surface area contributed by atoms with Gasteiger partial charge >= 0.3 is 18.1 Å². The van der Waals surface area contributed by atoms with Crippen molar-refractivity contribution < 1.29 is 37.0 Å². The van der Waals surface area contributed by atoms with Gasteiger partial charge in [0.2, 0.25) is 0 Å². The van der Waals surface area contributed by atoms with Crippen LogP contribution in [0.2, 0.25) is 0 Å². The number of amides is 1. The van der Waals surface area contributed by atoms with Crippen molar-refractivity contribution in [2.75, 3.05) is 23.8 Å². The third-order valence-corrected chi connectivity index (χ3v) is 7.13. The normalized spacial score (nSPS) is 16.8. The minimum absolute atomic E-state index is 0.00228. The van der Waals surface area contributed by atoms with E-state index in [0.717, 1.165) is 16.0 Å². The average Bonchev–Trinajstić information content (AvgIpc) is 3.44. The van der Waals surface area contributed by atoms with Crippen LogP contribution in [0, 0.1) is 6.92 Å². The maximum atomic E-state index is 14.0. The lowest BCUT2D eigenvalue weighted by Gasteiger charge is -2.33. The molecule has 0 aliphatic carbocycles. The molecule has 0 radical (unpaired) electrons. The van der Waals surface area contributed by atoms with Gasteiger partial charge in [0.05, 0.1) is 24.8 Å². The molecule has 2 atom stereocenters. The summed E-state index contributed by atoms with van der Waals surface area (Å²) < 4.78 is 52.8. The highest BCUT2D eigenvalue weighted by Gasteiger charge is 2.47. The van der Waals surface area contributed by atoms with E-state index in [1.807, 2.05) is 0 Å². The molecule has 1 amide bonds. The van der Waals surface area contributed by atoms with E-state index in [4.69, 9.17) is 9.47 Å². The van der Waals surface area contributed by atoms with Gasteiger partial charge in [-0.1, -0.05) is 30.3 Å². The Morgan fingerprint density at radius 2 is 1.79 bits per heavy atom. The van der Waals surface area contributed by atoms with Gasteiger partial charge in [-0.05, 0) is 31.9 Å². The molecule has 1 aliphatic heterocycles. The molecule has 13 heteroatoms. The summed E-state index contributed by atoms with van der Waals surface area (Å²) in [6, 6.07) is 7.30. The lowest BCUT2D eigenvalue weighted by Crippen LogP contribution is -2.35. The SMILES string of the molecule is CCOC(=O)c1sc(NC(=O)c2cc3n(n2)[C@@H](C(F)(F)F)C[C@H](c2ccccc2)N3)c(C(=O)OCC)c1C. The first-order chi connectivity index (χ1) is 18.0. The maximum absolute atomic E-state index is 14.0. The van der Waals surface area contributed by atoms with Crippen molar-refractivity contribution in [3.63, 3.8) is 0 Å². The number of halogens is 3. The zero-order valence-electron chi connectivity index (χ0n) is 20.7. The third kappa shape index (κ3) is 5.37. The summed E-state index contributed by atoms with van der Waals surface area (Å²) in [5.41, 5.74) is 0.595. The fourth-order valence-corrected chi connectivity index (χ4v) is 5.28. The first-order valence-corrected chi connectivity index (χ1v) is 12.6. The van der Waals surface area contributed by atoms with Crippen molar-refractivity contribution in [3.8, 4) is 0 Å². The zero-order chi connectivity index (χ0) is 27.6. The molecule has 0 bridgehead atoms. The van der Waals surface area contributed by atoms with Gasteiger partial charge in [0.1, 0.15) is 15.7 Å². The predicted octanol–water partition coefficient (Wildman–Crippen LogP) is 5.52. The number of rotatable bonds is 7. The van der Waals surface area contributed by atoms with Gasteiger partial charge in [-0.15, -0.1) is 11.3 Å². The van der Waals surface area contributed by atoms with E-state index in [-0.39, 0.29) is 52.2 Å². The van der Waals surface area contributed by atoms with E-state index < -0.39 is 36.1 Å². The highest BCUT2D eigenvalue weighted by Crippen LogP contribution is 2.43. The molecule has 0 unspecified atom stereocenters. The lowest BCUT2D eigenvalue weighted by atomic mass is 9.97. The van der Waals surface area contributed by atoms with Crippen molar-refractivity contribution in [3.05, 3.63) is 63.7 Å². The predicted molar refractivity (Wildman–Crippen MR) is 134 cm³/mol. The third-order valence-electron chi connectivity index (χ3n) is 5.94. The molecule has 38 heavy (non-hydrogen) atoms. The fraction of sp³-hybridized carbons (Fsp3) is 0.360. The van der Waals surface area contributed by atoms with Gasteiger partial charge in [0, 0.05) is 12.5 Å². The Kier molecular flexibility index (Phi) is 7.76. The number of ether oxygens (including phenoxy) is 2. The molecule has 0 fully saturated rings. The maximum Gasteiger partial charge on any atom is 0.410 e. The van der Waals surface area contributed by atoms with Crippen LogP contribution in [0.1, 0.15) is 74.0 Å². The van der Waals surface area contributed by atoms with Gasteiger partial charge in [-0.25, -0.2) is 14.3 Å². The molecule has 1 aliphatic rings. The van der Waals surface area contributed by atoms with Crippen LogP contribution >= 0.6 is 11.3 Å². The Morgan fingerprint density at radius 1 is 1.13 bits per heavy atom. The number of esters is 2. The summed E-state index contributed by atoms with van der Waals surface area (Å²) in [6.45, 7) is 4.90. The Labute approximate surface area is 219 Å². The second-order valence-corrected chi connectivity index (χ2v) is 9.44. The van der Waals surface area contributed by atoms with E-state index in [1.54, 1.807) is 44.2 Å². The van der Waals surface area contributed by atoms with Gasteiger partial charge in [0.15, 0.2) is 11.7 Å². The number of nitrogens with zero attached hydrogens (tertiary/aromatic N) is 2. The molecule has 4 rings (SSSR count). The lowest BCUT2D eigenvalue weighted by molar-refractivity contribution is -0.173. The largest absolute Gasteiger partial charge is 0.462 e. The molecule has 202 valence electrons. The first kappa shape index (κ1) is 27.2. The Balaban J connectivity index is 1.67. The van der Waals surface area contributed by atoms with Gasteiger partial charge in [-0.2, -0.15) is 18.3 Å². The minimum atomic E-state index is -4.61. The summed E-state index contributed by atoms with van der Waals surface area (Å²) >= 11 is 0.811. The number of anilines is 2. The van der Waals surface area contributed by atoms with Crippen molar-refractivity contribution in [1.82, 2.24) is 9.78 Å². The second-order valence-electron chi connectivity index (χ2n) is 8.42. The molecule has 3 aromatic rings. The standard InChI is InChI=1S/C25H25F3N4O5S/c1-4-36-23(34)19-13(3)20(24(35)37-5-2)38-22(19)30-21(33)16-12-18-29-15(14-9-7-6-8-10-14)11-17(25(26,27)28)32(18)31-16/h6-10,12,15,17,29H,4-5,11H2,1-3H3,(H,30,33)/t15-,17-/m1/s1. The van der Waals surface area contributed by atoms with Crippen molar-refractivity contribution in [1.29, 1.82) is 0 Å². The van der Waals surface area contributed by atoms with Gasteiger partial charge in [-0.3, -0.25) is 4.79 Å². The molecule has 0 saturated carbocycles. The number of nitrogens with one attached hydrogen (secondary N) is 2. The number of carbonyl (C=O) groups excluding carboxylic acids is 3. The zero-order valence-corrected chi connectivity index (χ0v) is 21.5. The number of aromatic nitrogens is 2. The average molecular weight is 551 g/mol. The summed E-state index contributed by atoms with van der Waals surface area (Å²) in [5, 5.41) is 9.50. The molecule has 0 saturated heterocycles. The summed E-state index contributed by atoms with van der Waals surface area (Å²) in [5.74, 6) is -2.27. The molecule has 1 aromatic carbocycles. The summed E-state index contributed by atoms with van der Waals surface area (Å²) in [6.07, 6.45) is -4.93. The van der Waals surface area contributed by atoms with E-state index >= 15 is 0 Å². The number of benzene rings is 1. The first-order valence-electron chi connectivity index (χ1n) is 11.8. The topological polar surface area (TPSA) is 112 Å². The molecule has 2 aromatic heterocycles. The smallest absolute Gasteiger partial charge is 0.410 e. The van der Waals surface area contributed by atoms with Gasteiger partial charge < -0.3 is 20.1 Å². The molecule has 0 spiro atoms. The Bertz CT molecular complexity index is 1350. The number of fused-ring (bicyclic) bond motifs is 1. The quantitative estimate of drug-likeness (QED) is 0.373. The van der Waals surface area contributed by atoms with Crippen LogP contribution < -0.4 is 10.6 Å². The van der Waals surface area contributed by atoms with Crippen LogP contribution in [-0.4, -0.2) is 47.0 Å². The van der Waals surface area contributed by atoms with Crippen LogP contribution in [0.15, 0.2) is 36.4 Å². The Morgan fingerprint density at radius 3 is 2.42 bits per heavy atom. The highest BCUT2D eigenvalue weighted by atomic mass is 32.1. The summed E-state index contributed by atoms with van der Waals surface area (Å²) in [7, 11) is 0. The fourth-order valence-electron chi connectivity index (χ4n) is 4.20. The monoisotopic (exact) mass is 550 g/mol. The number of thiophene rings is 1. The van der Waals surface area contributed by atoms with Crippen LogP contribution in [-0.2, 0) is 9.47 Å². The number of carbonyl (C=O) groups is 3. The van der Waals surface area contributed by atoms with E-state index in [2.05, 4.69) is 15.7 Å². The van der Waals surface area contributed by atoms with Crippen LogP contribution in [0.3, 0.4) is 0 Å². The van der Waals surface area contributed by atoms with Crippen molar-refractivity contribution >= 4 is 40.0 Å². The second kappa shape index (κ2) is 10.9. The molecular weight excluding hydrogens is 525 g/mol. The number of hydrogen-bond donors (Lipinski definition) is 2. The van der Waals surface area contributed by atoms with Gasteiger partial charge in [0.25, 0.3) is 5.91 Å². The van der Waals surface area contributed by atoms with E-state index in [1.165, 1.54) is 13.0 Å². The highest BCUT2D eigenvalue weighted by molar-refractivity contribution is 7.18. The number of hydrogen-bond acceptors (Lipinski definition) is 8. The minimum Gasteiger partial charge on any atom is -0.462 e. The Hall–Kier alpha value is -3.87. The molecular formula is C25H25F3N4O5S. The van der Waals surface area contributed by atoms with Crippen molar-refractivity contribution in [2.45, 2.75) is 45.5 Å². The van der Waals surface area contributed by atoms with Crippen LogP contribution in [0.5, 0.6) is 0 Å². The summed E-state index contributed by atoms with van der Waals surface area (Å²) in [4.78, 5) is 38.2. The van der Waals surface area contributed by atoms with Crippen molar-refractivity contribution in [2.24, 2.45) is 0 Å². The number of alkyl halides is 3.